The molecule has 0 aromatic heterocycles. The van der Waals surface area contributed by atoms with E-state index in [9.17, 15) is 0 Å². The lowest BCUT2D eigenvalue weighted by Gasteiger charge is -2.22. The third-order valence-electron chi connectivity index (χ3n) is 2.68. The summed E-state index contributed by atoms with van der Waals surface area (Å²) in [6.45, 7) is 0. The fourth-order valence-corrected chi connectivity index (χ4v) is 2.07. The van der Waals surface area contributed by atoms with Crippen LogP contribution in [0.4, 0.5) is 0 Å². The molecule has 1 N–H and O–H groups in total. The lowest BCUT2D eigenvalue weighted by atomic mass is 9.86. The molecule has 0 spiro atoms. The summed E-state index contributed by atoms with van der Waals surface area (Å²) in [5.74, 6) is 1.18. The maximum absolute atomic E-state index is 8.48. The Balaban J connectivity index is 2.03. The molecule has 0 amide bonds. The maximum Gasteiger partial charge on any atom is 0.226 e. The zero-order valence-corrected chi connectivity index (χ0v) is 6.49. The van der Waals surface area contributed by atoms with Crippen molar-refractivity contribution in [3.05, 3.63) is 0 Å². The third kappa shape index (κ3) is 1.19. The van der Waals surface area contributed by atoms with E-state index in [4.69, 9.17) is 9.94 Å². The highest BCUT2D eigenvalue weighted by molar-refractivity contribution is 5.77. The van der Waals surface area contributed by atoms with E-state index in [-0.39, 0.29) is 0 Å². The molecule has 0 aromatic carbocycles. The van der Waals surface area contributed by atoms with Gasteiger partial charge in [-0.25, -0.2) is 0 Å². The molecular formula is C8H13NO2. The van der Waals surface area contributed by atoms with E-state index >= 15 is 0 Å². The van der Waals surface area contributed by atoms with Gasteiger partial charge in [-0.3, -0.25) is 0 Å². The molecule has 2 unspecified atom stereocenters. The highest BCUT2D eigenvalue weighted by Crippen LogP contribution is 2.34. The summed E-state index contributed by atoms with van der Waals surface area (Å²) in [5.41, 5.74) is 0. The van der Waals surface area contributed by atoms with Crippen LogP contribution in [0.5, 0.6) is 0 Å². The molecule has 62 valence electrons. The van der Waals surface area contributed by atoms with Gasteiger partial charge in [0.25, 0.3) is 0 Å². The molecule has 2 fully saturated rings. The summed E-state index contributed by atoms with van der Waals surface area (Å²) >= 11 is 0. The average molecular weight is 155 g/mol. The SMILES string of the molecule is ON=C1CC2CCCCC2O1. The van der Waals surface area contributed by atoms with Crippen LogP contribution in [0.25, 0.3) is 0 Å². The Kier molecular flexibility index (Phi) is 1.72. The van der Waals surface area contributed by atoms with Crippen molar-refractivity contribution >= 4 is 5.90 Å². The maximum atomic E-state index is 8.48. The van der Waals surface area contributed by atoms with E-state index in [0.29, 0.717) is 17.9 Å². The normalized spacial score (nSPS) is 40.2. The second-order valence-corrected chi connectivity index (χ2v) is 3.40. The minimum absolute atomic E-state index is 0.356. The molecule has 2 atom stereocenters. The molecule has 0 radical (unpaired) electrons. The predicted octanol–water partition coefficient (Wildman–Crippen LogP) is 1.75. The number of hydrogen-bond donors (Lipinski definition) is 1. The van der Waals surface area contributed by atoms with Gasteiger partial charge in [-0.1, -0.05) is 11.6 Å². The Morgan fingerprint density at radius 1 is 1.36 bits per heavy atom. The summed E-state index contributed by atoms with van der Waals surface area (Å²) in [4.78, 5) is 0. The summed E-state index contributed by atoms with van der Waals surface area (Å²) in [6, 6.07) is 0. The van der Waals surface area contributed by atoms with Crippen molar-refractivity contribution in [2.24, 2.45) is 11.1 Å². The van der Waals surface area contributed by atoms with Gasteiger partial charge >= 0.3 is 0 Å². The van der Waals surface area contributed by atoms with E-state index in [1.54, 1.807) is 0 Å². The van der Waals surface area contributed by atoms with Gasteiger partial charge in [0.05, 0.1) is 0 Å². The number of oxime groups is 1. The van der Waals surface area contributed by atoms with Crippen molar-refractivity contribution in [3.63, 3.8) is 0 Å². The minimum atomic E-state index is 0.356. The van der Waals surface area contributed by atoms with Crippen molar-refractivity contribution in [2.75, 3.05) is 0 Å². The number of fused-ring (bicyclic) bond motifs is 1. The van der Waals surface area contributed by atoms with Crippen molar-refractivity contribution < 1.29 is 9.94 Å². The summed E-state index contributed by atoms with van der Waals surface area (Å²) < 4.78 is 5.41. The zero-order valence-electron chi connectivity index (χ0n) is 6.49. The Hall–Kier alpha value is -0.730. The minimum Gasteiger partial charge on any atom is -0.475 e. The fraction of sp³-hybridized carbons (Fsp3) is 0.875. The Morgan fingerprint density at radius 2 is 2.18 bits per heavy atom. The topological polar surface area (TPSA) is 41.8 Å². The van der Waals surface area contributed by atoms with Crippen molar-refractivity contribution in [1.29, 1.82) is 0 Å². The quantitative estimate of drug-likeness (QED) is 0.427. The van der Waals surface area contributed by atoms with Crippen molar-refractivity contribution in [1.82, 2.24) is 0 Å². The molecule has 0 aromatic rings. The predicted molar refractivity (Wildman–Crippen MR) is 40.7 cm³/mol. The lowest BCUT2D eigenvalue weighted by molar-refractivity contribution is 0.125. The van der Waals surface area contributed by atoms with Gasteiger partial charge in [-0.05, 0) is 19.3 Å². The molecule has 1 aliphatic carbocycles. The molecule has 3 nitrogen and oxygen atoms in total. The van der Waals surface area contributed by atoms with E-state index in [0.717, 1.165) is 12.8 Å². The highest BCUT2D eigenvalue weighted by atomic mass is 16.5. The number of hydrogen-bond acceptors (Lipinski definition) is 3. The summed E-state index contributed by atoms with van der Waals surface area (Å²) in [7, 11) is 0. The van der Waals surface area contributed by atoms with Gasteiger partial charge in [-0.2, -0.15) is 0 Å². The first-order valence-corrected chi connectivity index (χ1v) is 4.28. The summed E-state index contributed by atoms with van der Waals surface area (Å²) in [5, 5.41) is 11.6. The lowest BCUT2D eigenvalue weighted by Crippen LogP contribution is -2.19. The van der Waals surface area contributed by atoms with Crippen LogP contribution in [-0.4, -0.2) is 17.2 Å². The second kappa shape index (κ2) is 2.72. The number of nitrogens with zero attached hydrogens (tertiary/aromatic N) is 1. The van der Waals surface area contributed by atoms with Crippen LogP contribution in [0, 0.1) is 5.92 Å². The van der Waals surface area contributed by atoms with Crippen LogP contribution in [-0.2, 0) is 4.74 Å². The smallest absolute Gasteiger partial charge is 0.226 e. The van der Waals surface area contributed by atoms with Crippen LogP contribution in [0.3, 0.4) is 0 Å². The number of ether oxygens (including phenoxy) is 1. The highest BCUT2D eigenvalue weighted by Gasteiger charge is 2.35. The van der Waals surface area contributed by atoms with Gasteiger partial charge in [-0.15, -0.1) is 0 Å². The number of rotatable bonds is 0. The summed E-state index contributed by atoms with van der Waals surface area (Å²) in [6.07, 6.45) is 6.16. The Morgan fingerprint density at radius 3 is 2.91 bits per heavy atom. The Labute approximate surface area is 66.0 Å². The molecule has 2 aliphatic rings. The van der Waals surface area contributed by atoms with E-state index < -0.39 is 0 Å². The van der Waals surface area contributed by atoms with Crippen LogP contribution in [0.15, 0.2) is 5.16 Å². The molecule has 0 bridgehead atoms. The monoisotopic (exact) mass is 155 g/mol. The van der Waals surface area contributed by atoms with Gasteiger partial charge < -0.3 is 9.94 Å². The van der Waals surface area contributed by atoms with Gasteiger partial charge in [0.1, 0.15) is 6.10 Å². The molecule has 1 heterocycles. The largest absolute Gasteiger partial charge is 0.475 e. The average Bonchev–Trinajstić information content (AvgIpc) is 2.46. The molecule has 1 saturated carbocycles. The first-order valence-electron chi connectivity index (χ1n) is 4.28. The van der Waals surface area contributed by atoms with Crippen molar-refractivity contribution in [2.45, 2.75) is 38.2 Å². The van der Waals surface area contributed by atoms with E-state index in [1.807, 2.05) is 0 Å². The molecule has 11 heavy (non-hydrogen) atoms. The van der Waals surface area contributed by atoms with Crippen LogP contribution >= 0.6 is 0 Å². The molecular weight excluding hydrogens is 142 g/mol. The van der Waals surface area contributed by atoms with E-state index in [2.05, 4.69) is 5.16 Å². The molecule has 1 saturated heterocycles. The molecule has 2 rings (SSSR count). The standard InChI is InChI=1S/C8H13NO2/c10-9-8-5-6-3-1-2-4-7(6)11-8/h6-7,10H,1-5H2. The van der Waals surface area contributed by atoms with Gasteiger partial charge in [0.15, 0.2) is 0 Å². The van der Waals surface area contributed by atoms with E-state index in [1.165, 1.54) is 19.3 Å². The van der Waals surface area contributed by atoms with Gasteiger partial charge in [0, 0.05) is 12.3 Å². The van der Waals surface area contributed by atoms with Gasteiger partial charge in [0.2, 0.25) is 5.90 Å². The first-order chi connectivity index (χ1) is 5.40. The Bertz CT molecular complexity index is 163. The molecule has 1 aliphatic heterocycles. The zero-order chi connectivity index (χ0) is 7.68. The molecule has 3 heteroatoms. The van der Waals surface area contributed by atoms with Crippen LogP contribution in [0.2, 0.25) is 0 Å². The van der Waals surface area contributed by atoms with Crippen molar-refractivity contribution in [3.8, 4) is 0 Å². The third-order valence-corrected chi connectivity index (χ3v) is 2.68. The first kappa shape index (κ1) is 6.95. The fourth-order valence-electron chi connectivity index (χ4n) is 2.07. The van der Waals surface area contributed by atoms with Crippen LogP contribution < -0.4 is 0 Å². The second-order valence-electron chi connectivity index (χ2n) is 3.40. The van der Waals surface area contributed by atoms with Crippen LogP contribution in [0.1, 0.15) is 32.1 Å².